The third-order valence-corrected chi connectivity index (χ3v) is 12.7. The van der Waals surface area contributed by atoms with Crippen molar-refractivity contribution in [3.8, 4) is 51.0 Å². The van der Waals surface area contributed by atoms with E-state index in [1.165, 1.54) is 63.5 Å². The average molecular weight is 757 g/mol. The number of hydrogen-bond acceptors (Lipinski definition) is 4. The molecule has 0 aliphatic heterocycles. The second kappa shape index (κ2) is 13.1. The van der Waals surface area contributed by atoms with E-state index in [9.17, 15) is 0 Å². The van der Waals surface area contributed by atoms with Gasteiger partial charge in [-0.25, -0.2) is 15.0 Å². The van der Waals surface area contributed by atoms with E-state index in [4.69, 9.17) is 15.0 Å². The quantitative estimate of drug-likeness (QED) is 0.176. The van der Waals surface area contributed by atoms with Crippen LogP contribution in [0.25, 0.3) is 115 Å². The number of benzene rings is 9. The van der Waals surface area contributed by atoms with Gasteiger partial charge in [0, 0.05) is 58.7 Å². The largest absolute Gasteiger partial charge is 0.309 e. The highest BCUT2D eigenvalue weighted by Gasteiger charge is 2.18. The molecule has 4 nitrogen and oxygen atoms in total. The Morgan fingerprint density at radius 1 is 0.362 bits per heavy atom. The van der Waals surface area contributed by atoms with Crippen LogP contribution in [-0.2, 0) is 0 Å². The van der Waals surface area contributed by atoms with Gasteiger partial charge in [0.15, 0.2) is 17.5 Å². The Labute approximate surface area is 338 Å². The normalized spacial score (nSPS) is 11.8. The van der Waals surface area contributed by atoms with Crippen molar-refractivity contribution < 1.29 is 0 Å². The first-order chi connectivity index (χ1) is 28.7. The molecule has 12 rings (SSSR count). The Hall–Kier alpha value is -7.47. The lowest BCUT2D eigenvalue weighted by atomic mass is 10.0. The highest BCUT2D eigenvalue weighted by atomic mass is 32.1. The van der Waals surface area contributed by atoms with E-state index in [0.717, 1.165) is 33.5 Å². The van der Waals surface area contributed by atoms with Gasteiger partial charge in [-0.2, -0.15) is 0 Å². The summed E-state index contributed by atoms with van der Waals surface area (Å²) in [6.45, 7) is 0. The molecule has 0 atom stereocenters. The molecule has 5 heteroatoms. The summed E-state index contributed by atoms with van der Waals surface area (Å²) in [4.78, 5) is 15.2. The summed E-state index contributed by atoms with van der Waals surface area (Å²) in [5, 5.41) is 9.96. The minimum Gasteiger partial charge on any atom is -0.309 e. The zero-order valence-corrected chi connectivity index (χ0v) is 32.0. The maximum absolute atomic E-state index is 5.13. The van der Waals surface area contributed by atoms with E-state index < -0.39 is 0 Å². The topological polar surface area (TPSA) is 43.6 Å². The Morgan fingerprint density at radius 2 is 0.948 bits per heavy atom. The highest BCUT2D eigenvalue weighted by Crippen LogP contribution is 2.41. The summed E-state index contributed by atoms with van der Waals surface area (Å²) < 4.78 is 4.87. The Balaban J connectivity index is 0.948. The van der Waals surface area contributed by atoms with Crippen molar-refractivity contribution in [2.45, 2.75) is 0 Å². The summed E-state index contributed by atoms with van der Waals surface area (Å²) >= 11 is 1.79. The van der Waals surface area contributed by atoms with Gasteiger partial charge in [-0.05, 0) is 63.7 Å². The Kier molecular flexibility index (Phi) is 7.37. The first kappa shape index (κ1) is 32.7. The summed E-state index contributed by atoms with van der Waals surface area (Å²) in [7, 11) is 0. The van der Waals surface area contributed by atoms with Crippen molar-refractivity contribution in [2.24, 2.45) is 0 Å². The van der Waals surface area contributed by atoms with E-state index >= 15 is 0 Å². The fourth-order valence-corrected chi connectivity index (χ4v) is 9.82. The van der Waals surface area contributed by atoms with E-state index in [1.807, 2.05) is 18.2 Å². The van der Waals surface area contributed by atoms with Crippen LogP contribution in [0, 0.1) is 0 Å². The number of rotatable bonds is 5. The number of fused-ring (bicyclic) bond motifs is 9. The minimum atomic E-state index is 0.648. The Morgan fingerprint density at radius 3 is 1.72 bits per heavy atom. The summed E-state index contributed by atoms with van der Waals surface area (Å²) in [6, 6.07) is 69.3. The van der Waals surface area contributed by atoms with Crippen molar-refractivity contribution in [3.05, 3.63) is 194 Å². The van der Waals surface area contributed by atoms with Crippen molar-refractivity contribution in [2.75, 3.05) is 0 Å². The molecule has 3 aromatic heterocycles. The number of aromatic nitrogens is 4. The van der Waals surface area contributed by atoms with Gasteiger partial charge >= 0.3 is 0 Å². The lowest BCUT2D eigenvalue weighted by molar-refractivity contribution is 1.08. The maximum atomic E-state index is 5.13. The molecule has 0 amide bonds. The van der Waals surface area contributed by atoms with E-state index in [2.05, 4.69) is 180 Å². The number of nitrogens with zero attached hydrogens (tertiary/aromatic N) is 4. The van der Waals surface area contributed by atoms with Crippen LogP contribution >= 0.6 is 11.3 Å². The minimum absolute atomic E-state index is 0.648. The first-order valence-corrected chi connectivity index (χ1v) is 20.3. The molecule has 12 aromatic rings. The summed E-state index contributed by atoms with van der Waals surface area (Å²) in [5.74, 6) is 1.98. The van der Waals surface area contributed by atoms with Crippen molar-refractivity contribution >= 4 is 74.9 Å². The fraction of sp³-hybridized carbons (Fsp3) is 0. The van der Waals surface area contributed by atoms with Gasteiger partial charge in [0.05, 0.1) is 11.0 Å². The molecule has 0 fully saturated rings. The van der Waals surface area contributed by atoms with Gasteiger partial charge in [0.1, 0.15) is 0 Å². The second-order valence-electron chi connectivity index (χ2n) is 14.8. The first-order valence-electron chi connectivity index (χ1n) is 19.5. The maximum Gasteiger partial charge on any atom is 0.165 e. The van der Waals surface area contributed by atoms with E-state index in [1.54, 1.807) is 11.3 Å². The fourth-order valence-electron chi connectivity index (χ4n) is 8.61. The van der Waals surface area contributed by atoms with Crippen molar-refractivity contribution in [1.82, 2.24) is 19.5 Å². The van der Waals surface area contributed by atoms with Gasteiger partial charge in [0.2, 0.25) is 0 Å². The van der Waals surface area contributed by atoms with Gasteiger partial charge in [-0.15, -0.1) is 11.3 Å². The summed E-state index contributed by atoms with van der Waals surface area (Å²) in [5.41, 5.74) is 8.75. The van der Waals surface area contributed by atoms with Crippen LogP contribution in [0.3, 0.4) is 0 Å². The molecule has 58 heavy (non-hydrogen) atoms. The number of thiophene rings is 1. The zero-order chi connectivity index (χ0) is 38.2. The molecule has 0 saturated heterocycles. The van der Waals surface area contributed by atoms with Crippen LogP contribution < -0.4 is 0 Å². The molecule has 9 aromatic carbocycles. The molecule has 0 aliphatic carbocycles. The lowest BCUT2D eigenvalue weighted by Gasteiger charge is -2.12. The standard InChI is InChI=1S/C53H32N4S/c1-2-12-36(13-3-1)51-54-52(56-53(55-51)45-19-10-18-44-42-17-8-9-20-48(42)58-50(44)45)37-23-21-33(22-24-37)34-25-28-40(29-26-34)57-47-32-39-15-5-4-14-38(39)31-46(47)43-30-27-35-11-6-7-16-41(35)49(43)57/h1-32H. The van der Waals surface area contributed by atoms with Gasteiger partial charge in [-0.3, -0.25) is 0 Å². The predicted octanol–water partition coefficient (Wildman–Crippen LogP) is 14.3. The molecule has 0 aliphatic rings. The smallest absolute Gasteiger partial charge is 0.165 e. The molecule has 0 N–H and O–H groups in total. The third-order valence-electron chi connectivity index (χ3n) is 11.4. The lowest BCUT2D eigenvalue weighted by Crippen LogP contribution is -2.00. The zero-order valence-electron chi connectivity index (χ0n) is 31.2. The third kappa shape index (κ3) is 5.25. The van der Waals surface area contributed by atoms with E-state index in [0.29, 0.717) is 17.5 Å². The molecule has 0 spiro atoms. The molecule has 0 radical (unpaired) electrons. The van der Waals surface area contributed by atoms with Crippen LogP contribution in [0.4, 0.5) is 0 Å². The van der Waals surface area contributed by atoms with Crippen LogP contribution in [0.2, 0.25) is 0 Å². The average Bonchev–Trinajstić information content (AvgIpc) is 3.84. The second-order valence-corrected chi connectivity index (χ2v) is 15.9. The summed E-state index contributed by atoms with van der Waals surface area (Å²) in [6.07, 6.45) is 0. The highest BCUT2D eigenvalue weighted by molar-refractivity contribution is 7.26. The van der Waals surface area contributed by atoms with Gasteiger partial charge in [0.25, 0.3) is 0 Å². The molecule has 0 bridgehead atoms. The molecule has 0 unspecified atom stereocenters. The predicted molar refractivity (Wildman–Crippen MR) is 244 cm³/mol. The van der Waals surface area contributed by atoms with Crippen LogP contribution in [-0.4, -0.2) is 19.5 Å². The Bertz CT molecular complexity index is 3550. The molecular formula is C53H32N4S. The van der Waals surface area contributed by atoms with Crippen LogP contribution in [0.1, 0.15) is 0 Å². The molecular weight excluding hydrogens is 725 g/mol. The van der Waals surface area contributed by atoms with Crippen molar-refractivity contribution in [1.29, 1.82) is 0 Å². The van der Waals surface area contributed by atoms with Crippen LogP contribution in [0.5, 0.6) is 0 Å². The molecule has 3 heterocycles. The monoisotopic (exact) mass is 756 g/mol. The van der Waals surface area contributed by atoms with Gasteiger partial charge in [-0.1, -0.05) is 158 Å². The van der Waals surface area contributed by atoms with Gasteiger partial charge < -0.3 is 4.57 Å². The van der Waals surface area contributed by atoms with Crippen LogP contribution in [0.15, 0.2) is 194 Å². The SMILES string of the molecule is c1ccc(-c2nc(-c3ccc(-c4ccc(-n5c6cc7ccccc7cc6c6ccc7ccccc7c65)cc4)cc3)nc(-c3cccc4c3sc3ccccc34)n2)cc1. The molecule has 0 saturated carbocycles. The number of hydrogen-bond donors (Lipinski definition) is 0. The van der Waals surface area contributed by atoms with Crippen molar-refractivity contribution in [3.63, 3.8) is 0 Å². The molecule has 270 valence electrons. The van der Waals surface area contributed by atoms with E-state index in [-0.39, 0.29) is 0 Å².